The topological polar surface area (TPSA) is 62.0 Å². The van der Waals surface area contributed by atoms with Crippen LogP contribution in [0.5, 0.6) is 0 Å². The summed E-state index contributed by atoms with van der Waals surface area (Å²) in [4.78, 5) is 27.1. The second-order valence-electron chi connectivity index (χ2n) is 5.13. The summed E-state index contributed by atoms with van der Waals surface area (Å²) >= 11 is 0. The molecule has 0 fully saturated rings. The van der Waals surface area contributed by atoms with E-state index in [9.17, 15) is 9.59 Å². The highest BCUT2D eigenvalue weighted by atomic mass is 16.2. The molecule has 0 atom stereocenters. The van der Waals surface area contributed by atoms with E-state index in [0.29, 0.717) is 5.56 Å². The third-order valence-electron chi connectivity index (χ3n) is 3.54. The number of benzene rings is 2. The van der Waals surface area contributed by atoms with E-state index in [2.05, 4.69) is 10.3 Å². The minimum atomic E-state index is -0.290. The van der Waals surface area contributed by atoms with Gasteiger partial charge < -0.3 is 10.3 Å². The minimum Gasteiger partial charge on any atom is -0.360 e. The monoisotopic (exact) mass is 304 g/mol. The number of amides is 1. The first-order chi connectivity index (χ1) is 11.2. The smallest absolute Gasteiger partial charge is 0.244 e. The molecule has 4 nitrogen and oxygen atoms in total. The van der Waals surface area contributed by atoms with Crippen molar-refractivity contribution >= 4 is 28.7 Å². The van der Waals surface area contributed by atoms with E-state index in [-0.39, 0.29) is 18.2 Å². The van der Waals surface area contributed by atoms with Crippen molar-refractivity contribution in [2.75, 3.05) is 6.54 Å². The number of hydrogen-bond acceptors (Lipinski definition) is 2. The number of hydrogen-bond donors (Lipinski definition) is 2. The Kier molecular flexibility index (Phi) is 4.34. The molecule has 1 heterocycles. The van der Waals surface area contributed by atoms with E-state index < -0.39 is 0 Å². The van der Waals surface area contributed by atoms with Crippen molar-refractivity contribution in [3.8, 4) is 0 Å². The summed E-state index contributed by atoms with van der Waals surface area (Å²) in [6.45, 7) is -0.0280. The van der Waals surface area contributed by atoms with Crippen LogP contribution in [0.1, 0.15) is 15.9 Å². The standard InChI is InChI=1S/C19H16N2O2/c22-18(16-12-20-17-9-5-4-8-15(16)17)13-21-19(23)11-10-14-6-2-1-3-7-14/h1-12,20H,13H2,(H,21,23)/b11-10+. The maximum absolute atomic E-state index is 12.2. The van der Waals surface area contributed by atoms with Crippen molar-refractivity contribution in [3.63, 3.8) is 0 Å². The Labute approximate surface area is 133 Å². The molecule has 4 heteroatoms. The zero-order valence-electron chi connectivity index (χ0n) is 12.5. The van der Waals surface area contributed by atoms with Crippen LogP contribution in [0, 0.1) is 0 Å². The van der Waals surface area contributed by atoms with Crippen molar-refractivity contribution in [2.24, 2.45) is 0 Å². The number of fused-ring (bicyclic) bond motifs is 1. The van der Waals surface area contributed by atoms with Crippen molar-refractivity contribution in [3.05, 3.63) is 78.0 Å². The molecule has 2 aromatic carbocycles. The average molecular weight is 304 g/mol. The van der Waals surface area contributed by atoms with E-state index >= 15 is 0 Å². The molecule has 0 aliphatic heterocycles. The van der Waals surface area contributed by atoms with E-state index in [1.165, 1.54) is 6.08 Å². The largest absolute Gasteiger partial charge is 0.360 e. The SMILES string of the molecule is O=C(/C=C/c1ccccc1)NCC(=O)c1c[nH]c2ccccc12. The first-order valence-corrected chi connectivity index (χ1v) is 7.34. The fraction of sp³-hybridized carbons (Fsp3) is 0.0526. The molecule has 0 bridgehead atoms. The molecule has 3 aromatic rings. The van der Waals surface area contributed by atoms with Gasteiger partial charge in [0.05, 0.1) is 6.54 Å². The lowest BCUT2D eigenvalue weighted by atomic mass is 10.1. The summed E-state index contributed by atoms with van der Waals surface area (Å²) in [5.74, 6) is -0.411. The zero-order chi connectivity index (χ0) is 16.1. The molecule has 0 spiro atoms. The Morgan fingerprint density at radius 1 is 1.00 bits per heavy atom. The van der Waals surface area contributed by atoms with Crippen molar-refractivity contribution in [1.29, 1.82) is 0 Å². The quantitative estimate of drug-likeness (QED) is 0.562. The molecule has 3 rings (SSSR count). The van der Waals surface area contributed by atoms with E-state index in [4.69, 9.17) is 0 Å². The fourth-order valence-corrected chi connectivity index (χ4v) is 2.36. The Hall–Kier alpha value is -3.14. The fourth-order valence-electron chi connectivity index (χ4n) is 2.36. The number of carbonyl (C=O) groups excluding carboxylic acids is 2. The van der Waals surface area contributed by atoms with Gasteiger partial charge >= 0.3 is 0 Å². The zero-order valence-corrected chi connectivity index (χ0v) is 12.5. The highest BCUT2D eigenvalue weighted by Crippen LogP contribution is 2.17. The molecule has 114 valence electrons. The van der Waals surface area contributed by atoms with Crippen LogP contribution in [0.15, 0.2) is 66.9 Å². The van der Waals surface area contributed by atoms with Gasteiger partial charge in [-0.05, 0) is 17.7 Å². The number of aromatic amines is 1. The number of ketones is 1. The van der Waals surface area contributed by atoms with Gasteiger partial charge in [0.25, 0.3) is 0 Å². The van der Waals surface area contributed by atoms with Crippen LogP contribution in [0.3, 0.4) is 0 Å². The van der Waals surface area contributed by atoms with E-state index in [1.807, 2.05) is 54.6 Å². The number of Topliss-reactive ketones (excluding diaryl/α,β-unsaturated/α-hetero) is 1. The van der Waals surface area contributed by atoms with E-state index in [0.717, 1.165) is 16.5 Å². The molecule has 0 saturated heterocycles. The number of carbonyl (C=O) groups is 2. The number of aromatic nitrogens is 1. The first-order valence-electron chi connectivity index (χ1n) is 7.34. The summed E-state index contributed by atoms with van der Waals surface area (Å²) in [5, 5.41) is 3.48. The molecule has 0 saturated carbocycles. The van der Waals surface area contributed by atoms with Crippen LogP contribution in [0.2, 0.25) is 0 Å². The Balaban J connectivity index is 1.61. The number of H-pyrrole nitrogens is 1. The van der Waals surface area contributed by atoms with Gasteiger partial charge in [-0.15, -0.1) is 0 Å². The molecule has 2 N–H and O–H groups in total. The van der Waals surface area contributed by atoms with Gasteiger partial charge in [0.15, 0.2) is 5.78 Å². The number of nitrogens with one attached hydrogen (secondary N) is 2. The van der Waals surface area contributed by atoms with Crippen LogP contribution < -0.4 is 5.32 Å². The van der Waals surface area contributed by atoms with Crippen molar-refractivity contribution < 1.29 is 9.59 Å². The van der Waals surface area contributed by atoms with Crippen molar-refractivity contribution in [1.82, 2.24) is 10.3 Å². The predicted octanol–water partition coefficient (Wildman–Crippen LogP) is 3.18. The average Bonchev–Trinajstić information content (AvgIpc) is 3.03. The predicted molar refractivity (Wildman–Crippen MR) is 91.1 cm³/mol. The van der Waals surface area contributed by atoms with Gasteiger partial charge in [0, 0.05) is 28.7 Å². The van der Waals surface area contributed by atoms with E-state index in [1.54, 1.807) is 12.3 Å². The van der Waals surface area contributed by atoms with Gasteiger partial charge in [0.2, 0.25) is 5.91 Å². The minimum absolute atomic E-state index is 0.0280. The van der Waals surface area contributed by atoms with Crippen LogP contribution >= 0.6 is 0 Å². The Morgan fingerprint density at radius 3 is 2.57 bits per heavy atom. The second-order valence-corrected chi connectivity index (χ2v) is 5.13. The highest BCUT2D eigenvalue weighted by molar-refractivity contribution is 6.10. The Bertz CT molecular complexity index is 863. The summed E-state index contributed by atoms with van der Waals surface area (Å²) in [6, 6.07) is 17.1. The van der Waals surface area contributed by atoms with Gasteiger partial charge in [0.1, 0.15) is 0 Å². The molecular weight excluding hydrogens is 288 g/mol. The molecule has 0 unspecified atom stereocenters. The molecule has 23 heavy (non-hydrogen) atoms. The lowest BCUT2D eigenvalue weighted by Crippen LogP contribution is -2.27. The van der Waals surface area contributed by atoms with Gasteiger partial charge in [-0.2, -0.15) is 0 Å². The molecule has 1 aromatic heterocycles. The maximum atomic E-state index is 12.2. The Morgan fingerprint density at radius 2 is 1.74 bits per heavy atom. The second kappa shape index (κ2) is 6.75. The summed E-state index contributed by atoms with van der Waals surface area (Å²) in [6.07, 6.45) is 4.82. The molecular formula is C19H16N2O2. The lowest BCUT2D eigenvalue weighted by molar-refractivity contribution is -0.116. The third kappa shape index (κ3) is 3.55. The summed E-state index contributed by atoms with van der Waals surface area (Å²) < 4.78 is 0. The normalized spacial score (nSPS) is 11.0. The third-order valence-corrected chi connectivity index (χ3v) is 3.54. The molecule has 0 aliphatic carbocycles. The van der Waals surface area contributed by atoms with Gasteiger partial charge in [-0.3, -0.25) is 9.59 Å². The van der Waals surface area contributed by atoms with Crippen LogP contribution in [0.25, 0.3) is 17.0 Å². The number of para-hydroxylation sites is 1. The van der Waals surface area contributed by atoms with Crippen LogP contribution in [-0.4, -0.2) is 23.2 Å². The van der Waals surface area contributed by atoms with Gasteiger partial charge in [-0.25, -0.2) is 0 Å². The lowest BCUT2D eigenvalue weighted by Gasteiger charge is -2.01. The maximum Gasteiger partial charge on any atom is 0.244 e. The summed E-state index contributed by atoms with van der Waals surface area (Å²) in [7, 11) is 0. The number of rotatable bonds is 5. The molecule has 1 amide bonds. The summed E-state index contributed by atoms with van der Waals surface area (Å²) in [5.41, 5.74) is 2.43. The highest BCUT2D eigenvalue weighted by Gasteiger charge is 2.11. The molecule has 0 radical (unpaired) electrons. The van der Waals surface area contributed by atoms with Gasteiger partial charge in [-0.1, -0.05) is 48.5 Å². The molecule has 0 aliphatic rings. The van der Waals surface area contributed by atoms with Crippen LogP contribution in [0.4, 0.5) is 0 Å². The van der Waals surface area contributed by atoms with Crippen LogP contribution in [-0.2, 0) is 4.79 Å². The first kappa shape index (κ1) is 14.8. The van der Waals surface area contributed by atoms with Crippen molar-refractivity contribution in [2.45, 2.75) is 0 Å².